The molecule has 9 heteroatoms. The summed E-state index contributed by atoms with van der Waals surface area (Å²) >= 11 is 5.98. The Labute approximate surface area is 211 Å². The van der Waals surface area contributed by atoms with Gasteiger partial charge in [0.1, 0.15) is 5.65 Å². The minimum absolute atomic E-state index is 0.219. The van der Waals surface area contributed by atoms with E-state index < -0.39 is 21.6 Å². The Morgan fingerprint density at radius 2 is 1.69 bits per heavy atom. The van der Waals surface area contributed by atoms with Crippen LogP contribution in [0.2, 0.25) is 5.02 Å². The summed E-state index contributed by atoms with van der Waals surface area (Å²) in [5.41, 5.74) is 2.31. The van der Waals surface area contributed by atoms with Crippen molar-refractivity contribution in [3.63, 3.8) is 0 Å². The number of aromatic amines is 1. The molecular weight excluding hydrogens is 501 g/mol. The maximum Gasteiger partial charge on any atom is 0.237 e. The van der Waals surface area contributed by atoms with Crippen LogP contribution in [0.5, 0.6) is 0 Å². The number of fused-ring (bicyclic) bond motifs is 1. The monoisotopic (exact) mass is 519 g/mol. The van der Waals surface area contributed by atoms with Gasteiger partial charge in [-0.25, -0.2) is 17.8 Å². The van der Waals surface area contributed by atoms with Gasteiger partial charge in [-0.1, -0.05) is 60.1 Å². The summed E-state index contributed by atoms with van der Waals surface area (Å²) in [4.78, 5) is 20.7. The van der Waals surface area contributed by atoms with Crippen LogP contribution in [-0.4, -0.2) is 24.2 Å². The zero-order chi connectivity index (χ0) is 25.3. The van der Waals surface area contributed by atoms with Gasteiger partial charge in [0.05, 0.1) is 17.0 Å². The van der Waals surface area contributed by atoms with Crippen LogP contribution >= 0.6 is 11.6 Å². The van der Waals surface area contributed by atoms with Crippen molar-refractivity contribution in [1.82, 2.24) is 9.97 Å². The van der Waals surface area contributed by atoms with Crippen molar-refractivity contribution in [3.05, 3.63) is 119 Å². The molecule has 2 N–H and O–H groups in total. The first-order valence-electron chi connectivity index (χ1n) is 10.9. The van der Waals surface area contributed by atoms with Crippen molar-refractivity contribution in [2.24, 2.45) is 0 Å². The fraction of sp³-hybridized carbons (Fsp3) is 0.0370. The Morgan fingerprint density at radius 3 is 2.44 bits per heavy atom. The molecule has 0 fully saturated rings. The Morgan fingerprint density at radius 1 is 0.944 bits per heavy atom. The number of halogens is 2. The average molecular weight is 520 g/mol. The van der Waals surface area contributed by atoms with E-state index in [9.17, 15) is 13.2 Å². The van der Waals surface area contributed by atoms with Crippen LogP contribution in [0.15, 0.2) is 91.3 Å². The molecule has 0 radical (unpaired) electrons. The molecule has 0 saturated carbocycles. The van der Waals surface area contributed by atoms with E-state index in [0.717, 1.165) is 11.1 Å². The molecule has 2 aromatic heterocycles. The van der Waals surface area contributed by atoms with E-state index >= 15 is 4.39 Å². The third-order valence-corrected chi connectivity index (χ3v) is 7.16. The first-order valence-corrected chi connectivity index (χ1v) is 12.9. The van der Waals surface area contributed by atoms with Crippen molar-refractivity contribution in [1.29, 1.82) is 0 Å². The minimum Gasteiger partial charge on any atom is -0.345 e. The largest absolute Gasteiger partial charge is 0.345 e. The summed E-state index contributed by atoms with van der Waals surface area (Å²) in [5.74, 6) is -1.87. The van der Waals surface area contributed by atoms with E-state index in [0.29, 0.717) is 21.6 Å². The first kappa shape index (κ1) is 23.7. The second-order valence-electron chi connectivity index (χ2n) is 8.17. The summed E-state index contributed by atoms with van der Waals surface area (Å²) in [6, 6.07) is 21.6. The molecule has 0 unspecified atom stereocenters. The van der Waals surface area contributed by atoms with Crippen LogP contribution in [0.1, 0.15) is 21.5 Å². The lowest BCUT2D eigenvalue weighted by atomic mass is 10.0. The molecule has 6 nitrogen and oxygen atoms in total. The molecule has 0 bridgehead atoms. The van der Waals surface area contributed by atoms with Gasteiger partial charge in [-0.2, -0.15) is 0 Å². The maximum absolute atomic E-state index is 15.4. The first-order chi connectivity index (χ1) is 17.3. The summed E-state index contributed by atoms with van der Waals surface area (Å²) in [6.45, 7) is 0. The number of nitrogens with one attached hydrogen (secondary N) is 2. The normalized spacial score (nSPS) is 11.5. The second-order valence-corrected chi connectivity index (χ2v) is 10.3. The van der Waals surface area contributed by atoms with E-state index in [1.54, 1.807) is 54.7 Å². The summed E-state index contributed by atoms with van der Waals surface area (Å²) in [5, 5.41) is 1.11. The van der Waals surface area contributed by atoms with Gasteiger partial charge in [0.2, 0.25) is 10.0 Å². The number of sulfonamides is 1. The summed E-state index contributed by atoms with van der Waals surface area (Å²) < 4.78 is 42.9. The molecule has 3 aromatic carbocycles. The van der Waals surface area contributed by atoms with Gasteiger partial charge >= 0.3 is 0 Å². The van der Waals surface area contributed by atoms with E-state index in [2.05, 4.69) is 14.7 Å². The van der Waals surface area contributed by atoms with Crippen LogP contribution in [-0.2, 0) is 15.8 Å². The molecule has 5 aromatic rings. The predicted octanol–water partition coefficient (Wildman–Crippen LogP) is 6.20. The van der Waals surface area contributed by atoms with Gasteiger partial charge in [0.25, 0.3) is 0 Å². The third-order valence-electron chi connectivity index (χ3n) is 5.66. The summed E-state index contributed by atoms with van der Waals surface area (Å²) in [6.07, 6.45) is 3.14. The minimum atomic E-state index is -3.91. The van der Waals surface area contributed by atoms with E-state index in [4.69, 9.17) is 11.6 Å². The quantitative estimate of drug-likeness (QED) is 0.251. The molecule has 0 atom stereocenters. The number of rotatable bonds is 7. The number of hydrogen-bond acceptors (Lipinski definition) is 4. The Hall–Kier alpha value is -4.01. The van der Waals surface area contributed by atoms with Crippen LogP contribution in [0, 0.1) is 5.82 Å². The molecular formula is C27H19ClFN3O3S. The van der Waals surface area contributed by atoms with E-state index in [-0.39, 0.29) is 22.6 Å². The topological polar surface area (TPSA) is 91.9 Å². The standard InChI is InChI=1S/C27H19ClFN3O3S/c28-20-11-9-18(10-12-20)19-13-22-23(15-31-27(22)30-14-19)26(33)21-7-4-8-24(25(21)29)32-36(34,35)16-17-5-2-1-3-6-17/h1-15,32H,16H2,(H,30,31). The number of H-pyrrole nitrogens is 1. The van der Waals surface area contributed by atoms with Crippen molar-refractivity contribution in [3.8, 4) is 11.1 Å². The zero-order valence-electron chi connectivity index (χ0n) is 18.7. The maximum atomic E-state index is 15.4. The highest BCUT2D eigenvalue weighted by Gasteiger charge is 2.22. The van der Waals surface area contributed by atoms with Crippen molar-refractivity contribution < 1.29 is 17.6 Å². The molecule has 36 heavy (non-hydrogen) atoms. The molecule has 0 aliphatic rings. The predicted molar refractivity (Wildman–Crippen MR) is 139 cm³/mol. The number of carbonyl (C=O) groups excluding carboxylic acids is 1. The van der Waals surface area contributed by atoms with E-state index in [1.165, 1.54) is 24.4 Å². The number of nitrogens with zero attached hydrogens (tertiary/aromatic N) is 1. The van der Waals surface area contributed by atoms with Crippen LogP contribution in [0.4, 0.5) is 10.1 Å². The number of aromatic nitrogens is 2. The van der Waals surface area contributed by atoms with Gasteiger partial charge in [-0.3, -0.25) is 9.52 Å². The second kappa shape index (κ2) is 9.56. The lowest BCUT2D eigenvalue weighted by Gasteiger charge is -2.11. The molecule has 0 amide bonds. The number of benzene rings is 3. The third kappa shape index (κ3) is 4.86. The molecule has 0 aliphatic heterocycles. The Bertz CT molecular complexity index is 1690. The highest BCUT2D eigenvalue weighted by Crippen LogP contribution is 2.29. The number of ketones is 1. The molecule has 180 valence electrons. The SMILES string of the molecule is O=C(c1cccc(NS(=O)(=O)Cc2ccccc2)c1F)c1c[nH]c2ncc(-c3ccc(Cl)cc3)cc12. The summed E-state index contributed by atoms with van der Waals surface area (Å²) in [7, 11) is -3.91. The molecule has 0 saturated heterocycles. The zero-order valence-corrected chi connectivity index (χ0v) is 20.3. The van der Waals surface area contributed by atoms with Gasteiger partial charge in [0.15, 0.2) is 11.6 Å². The Balaban J connectivity index is 1.47. The van der Waals surface area contributed by atoms with Gasteiger partial charge in [-0.15, -0.1) is 0 Å². The highest BCUT2D eigenvalue weighted by molar-refractivity contribution is 7.91. The van der Waals surface area contributed by atoms with Gasteiger partial charge in [0, 0.05) is 33.9 Å². The fourth-order valence-corrected chi connectivity index (χ4v) is 5.24. The number of hydrogen-bond donors (Lipinski definition) is 2. The molecule has 0 spiro atoms. The number of pyridine rings is 1. The average Bonchev–Trinajstić information content (AvgIpc) is 3.29. The number of carbonyl (C=O) groups is 1. The molecule has 5 rings (SSSR count). The van der Waals surface area contributed by atoms with Crippen molar-refractivity contribution >= 4 is 44.1 Å². The van der Waals surface area contributed by atoms with E-state index in [1.807, 2.05) is 12.1 Å². The van der Waals surface area contributed by atoms with Crippen LogP contribution in [0.3, 0.4) is 0 Å². The van der Waals surface area contributed by atoms with Crippen LogP contribution in [0.25, 0.3) is 22.2 Å². The lowest BCUT2D eigenvalue weighted by Crippen LogP contribution is -2.17. The lowest BCUT2D eigenvalue weighted by molar-refractivity contribution is 0.103. The smallest absolute Gasteiger partial charge is 0.237 e. The molecule has 0 aliphatic carbocycles. The Kier molecular flexibility index (Phi) is 6.30. The molecule has 2 heterocycles. The fourth-order valence-electron chi connectivity index (χ4n) is 3.92. The van der Waals surface area contributed by atoms with Crippen molar-refractivity contribution in [2.75, 3.05) is 4.72 Å². The van der Waals surface area contributed by atoms with Crippen LogP contribution < -0.4 is 4.72 Å². The van der Waals surface area contributed by atoms with Gasteiger partial charge in [-0.05, 0) is 41.5 Å². The number of anilines is 1. The van der Waals surface area contributed by atoms with Gasteiger partial charge < -0.3 is 4.98 Å². The highest BCUT2D eigenvalue weighted by atomic mass is 35.5. The van der Waals surface area contributed by atoms with Crippen molar-refractivity contribution in [2.45, 2.75) is 5.75 Å².